The van der Waals surface area contributed by atoms with Crippen molar-refractivity contribution in [3.8, 4) is 5.69 Å². The number of aromatic nitrogens is 2. The summed E-state index contributed by atoms with van der Waals surface area (Å²) in [6, 6.07) is 10.1. The molecule has 0 aliphatic heterocycles. The SMILES string of the molecule is OCc1nn(-c2ccccc2)c2c1CCC2. The fourth-order valence-corrected chi connectivity index (χ4v) is 2.42. The summed E-state index contributed by atoms with van der Waals surface area (Å²) in [6.45, 7) is 0.0438. The number of aliphatic hydroxyl groups excluding tert-OH is 1. The van der Waals surface area contributed by atoms with Crippen LogP contribution in [-0.2, 0) is 19.4 Å². The van der Waals surface area contributed by atoms with Gasteiger partial charge in [-0.2, -0.15) is 5.10 Å². The normalized spacial score (nSPS) is 14.1. The van der Waals surface area contributed by atoms with Gasteiger partial charge >= 0.3 is 0 Å². The summed E-state index contributed by atoms with van der Waals surface area (Å²) in [5.74, 6) is 0. The van der Waals surface area contributed by atoms with E-state index in [1.165, 1.54) is 17.7 Å². The highest BCUT2D eigenvalue weighted by molar-refractivity contribution is 5.39. The number of nitrogens with zero attached hydrogens (tertiary/aromatic N) is 2. The minimum Gasteiger partial charge on any atom is -0.390 e. The summed E-state index contributed by atoms with van der Waals surface area (Å²) in [7, 11) is 0. The van der Waals surface area contributed by atoms with Crippen molar-refractivity contribution in [2.75, 3.05) is 0 Å². The van der Waals surface area contributed by atoms with E-state index in [0.717, 1.165) is 24.2 Å². The number of benzene rings is 1. The second kappa shape index (κ2) is 3.76. The van der Waals surface area contributed by atoms with Gasteiger partial charge in [0.15, 0.2) is 0 Å². The lowest BCUT2D eigenvalue weighted by Crippen LogP contribution is -2.01. The number of fused-ring (bicyclic) bond motifs is 1. The molecule has 1 aliphatic rings. The van der Waals surface area contributed by atoms with Crippen LogP contribution in [0.5, 0.6) is 0 Å². The van der Waals surface area contributed by atoms with Crippen LogP contribution in [0.4, 0.5) is 0 Å². The van der Waals surface area contributed by atoms with Gasteiger partial charge in [-0.1, -0.05) is 18.2 Å². The Kier molecular flexibility index (Phi) is 2.26. The molecule has 2 aromatic rings. The molecule has 1 N–H and O–H groups in total. The first-order valence-corrected chi connectivity index (χ1v) is 5.66. The molecule has 1 aliphatic carbocycles. The van der Waals surface area contributed by atoms with E-state index >= 15 is 0 Å². The van der Waals surface area contributed by atoms with E-state index in [-0.39, 0.29) is 6.61 Å². The maximum Gasteiger partial charge on any atom is 0.0918 e. The Labute approximate surface area is 94.3 Å². The van der Waals surface area contributed by atoms with Gasteiger partial charge in [0, 0.05) is 5.69 Å². The molecule has 16 heavy (non-hydrogen) atoms. The molecule has 3 rings (SSSR count). The summed E-state index contributed by atoms with van der Waals surface area (Å²) < 4.78 is 1.98. The summed E-state index contributed by atoms with van der Waals surface area (Å²) >= 11 is 0. The fourth-order valence-electron chi connectivity index (χ4n) is 2.42. The lowest BCUT2D eigenvalue weighted by atomic mass is 10.2. The second-order valence-corrected chi connectivity index (χ2v) is 4.13. The summed E-state index contributed by atoms with van der Waals surface area (Å²) in [5.41, 5.74) is 4.46. The van der Waals surface area contributed by atoms with E-state index in [4.69, 9.17) is 0 Å². The zero-order valence-electron chi connectivity index (χ0n) is 9.06. The predicted molar refractivity (Wildman–Crippen MR) is 61.5 cm³/mol. The van der Waals surface area contributed by atoms with Gasteiger partial charge in [-0.15, -0.1) is 0 Å². The third-order valence-corrected chi connectivity index (χ3v) is 3.16. The molecule has 0 fully saturated rings. The first kappa shape index (κ1) is 9.60. The molecule has 0 unspecified atom stereocenters. The van der Waals surface area contributed by atoms with Crippen LogP contribution in [0.25, 0.3) is 5.69 Å². The number of aliphatic hydroxyl groups is 1. The van der Waals surface area contributed by atoms with E-state index in [1.54, 1.807) is 0 Å². The van der Waals surface area contributed by atoms with Crippen molar-refractivity contribution in [2.24, 2.45) is 0 Å². The number of para-hydroxylation sites is 1. The van der Waals surface area contributed by atoms with Gasteiger partial charge in [-0.3, -0.25) is 0 Å². The minimum atomic E-state index is 0.0438. The van der Waals surface area contributed by atoms with Crippen molar-refractivity contribution in [3.05, 3.63) is 47.3 Å². The van der Waals surface area contributed by atoms with Crippen LogP contribution in [0.2, 0.25) is 0 Å². The van der Waals surface area contributed by atoms with Crippen LogP contribution in [0.15, 0.2) is 30.3 Å². The van der Waals surface area contributed by atoms with E-state index in [1.807, 2.05) is 35.0 Å². The van der Waals surface area contributed by atoms with E-state index in [0.29, 0.717) is 0 Å². The molecule has 0 radical (unpaired) electrons. The Hall–Kier alpha value is -1.61. The van der Waals surface area contributed by atoms with Crippen LogP contribution in [0.3, 0.4) is 0 Å². The lowest BCUT2D eigenvalue weighted by molar-refractivity contribution is 0.275. The van der Waals surface area contributed by atoms with Gasteiger partial charge in [0.1, 0.15) is 0 Å². The molecular formula is C13H14N2O. The molecule has 0 saturated heterocycles. The van der Waals surface area contributed by atoms with E-state index in [9.17, 15) is 5.11 Å². The maximum atomic E-state index is 9.29. The van der Waals surface area contributed by atoms with Gasteiger partial charge in [-0.25, -0.2) is 4.68 Å². The smallest absolute Gasteiger partial charge is 0.0918 e. The number of hydrogen-bond acceptors (Lipinski definition) is 2. The fraction of sp³-hybridized carbons (Fsp3) is 0.308. The van der Waals surface area contributed by atoms with Gasteiger partial charge in [-0.05, 0) is 37.0 Å². The Morgan fingerprint density at radius 2 is 2.00 bits per heavy atom. The molecule has 3 nitrogen and oxygen atoms in total. The third kappa shape index (κ3) is 1.36. The average molecular weight is 214 g/mol. The molecule has 1 aromatic heterocycles. The van der Waals surface area contributed by atoms with Crippen molar-refractivity contribution >= 4 is 0 Å². The summed E-state index contributed by atoms with van der Waals surface area (Å²) in [6.07, 6.45) is 3.29. The van der Waals surface area contributed by atoms with Gasteiger partial charge < -0.3 is 5.11 Å². The molecule has 0 amide bonds. The van der Waals surface area contributed by atoms with Crippen LogP contribution >= 0.6 is 0 Å². The lowest BCUT2D eigenvalue weighted by Gasteiger charge is -2.04. The quantitative estimate of drug-likeness (QED) is 0.828. The van der Waals surface area contributed by atoms with Crippen LogP contribution < -0.4 is 0 Å². The first-order valence-electron chi connectivity index (χ1n) is 5.66. The van der Waals surface area contributed by atoms with Crippen molar-refractivity contribution in [1.29, 1.82) is 0 Å². The van der Waals surface area contributed by atoms with Crippen LogP contribution in [0, 0.1) is 0 Å². The highest BCUT2D eigenvalue weighted by atomic mass is 16.3. The molecule has 0 atom stereocenters. The van der Waals surface area contributed by atoms with Crippen molar-refractivity contribution in [1.82, 2.24) is 9.78 Å². The average Bonchev–Trinajstić information content (AvgIpc) is 2.91. The van der Waals surface area contributed by atoms with Crippen molar-refractivity contribution in [3.63, 3.8) is 0 Å². The van der Waals surface area contributed by atoms with Crippen molar-refractivity contribution in [2.45, 2.75) is 25.9 Å². The Balaban J connectivity index is 2.15. The highest BCUT2D eigenvalue weighted by Crippen LogP contribution is 2.27. The summed E-state index contributed by atoms with van der Waals surface area (Å²) in [5, 5.41) is 13.8. The maximum absolute atomic E-state index is 9.29. The molecule has 1 aromatic carbocycles. The number of hydrogen-bond donors (Lipinski definition) is 1. The number of rotatable bonds is 2. The van der Waals surface area contributed by atoms with Crippen LogP contribution in [0.1, 0.15) is 23.4 Å². The van der Waals surface area contributed by atoms with Crippen LogP contribution in [-0.4, -0.2) is 14.9 Å². The predicted octanol–water partition coefficient (Wildman–Crippen LogP) is 1.85. The Morgan fingerprint density at radius 1 is 1.19 bits per heavy atom. The highest BCUT2D eigenvalue weighted by Gasteiger charge is 2.22. The molecule has 3 heteroatoms. The molecule has 0 bridgehead atoms. The topological polar surface area (TPSA) is 38.1 Å². The standard InChI is InChI=1S/C13H14N2O/c16-9-12-11-7-4-8-13(11)15(14-12)10-5-2-1-3-6-10/h1-3,5-6,16H,4,7-9H2. The molecular weight excluding hydrogens is 200 g/mol. The third-order valence-electron chi connectivity index (χ3n) is 3.16. The first-order chi connectivity index (χ1) is 7.90. The molecule has 0 saturated carbocycles. The van der Waals surface area contributed by atoms with E-state index in [2.05, 4.69) is 5.10 Å². The van der Waals surface area contributed by atoms with Gasteiger partial charge in [0.05, 0.1) is 18.0 Å². The minimum absolute atomic E-state index is 0.0438. The monoisotopic (exact) mass is 214 g/mol. The summed E-state index contributed by atoms with van der Waals surface area (Å²) in [4.78, 5) is 0. The zero-order valence-corrected chi connectivity index (χ0v) is 9.06. The van der Waals surface area contributed by atoms with E-state index < -0.39 is 0 Å². The van der Waals surface area contributed by atoms with Gasteiger partial charge in [0.2, 0.25) is 0 Å². The second-order valence-electron chi connectivity index (χ2n) is 4.13. The zero-order chi connectivity index (χ0) is 11.0. The molecule has 82 valence electrons. The Morgan fingerprint density at radius 3 is 2.75 bits per heavy atom. The Bertz CT molecular complexity index is 502. The molecule has 0 spiro atoms. The molecule has 1 heterocycles. The van der Waals surface area contributed by atoms with Crippen molar-refractivity contribution < 1.29 is 5.11 Å². The van der Waals surface area contributed by atoms with Gasteiger partial charge in [0.25, 0.3) is 0 Å². The largest absolute Gasteiger partial charge is 0.390 e.